The third-order valence-electron chi connectivity index (χ3n) is 7.46. The van der Waals surface area contributed by atoms with Crippen LogP contribution in [-0.4, -0.2) is 31.5 Å². The molecule has 1 aliphatic rings. The molecule has 0 saturated carbocycles. The lowest BCUT2D eigenvalue weighted by molar-refractivity contribution is -0.137. The van der Waals surface area contributed by atoms with Crippen LogP contribution in [0.4, 0.5) is 13.2 Å². The van der Waals surface area contributed by atoms with Crippen LogP contribution in [0.15, 0.2) is 77.7 Å². The summed E-state index contributed by atoms with van der Waals surface area (Å²) in [6, 6.07) is 20.3. The number of piperidine rings is 1. The molecule has 10 heteroatoms. The highest BCUT2D eigenvalue weighted by Crippen LogP contribution is 2.34. The van der Waals surface area contributed by atoms with Gasteiger partial charge in [-0.1, -0.05) is 49.7 Å². The van der Waals surface area contributed by atoms with E-state index in [1.807, 2.05) is 12.1 Å². The van der Waals surface area contributed by atoms with E-state index in [1.54, 1.807) is 31.2 Å². The molecule has 1 heterocycles. The van der Waals surface area contributed by atoms with Gasteiger partial charge in [-0.05, 0) is 72.5 Å². The number of nitrogens with zero attached hydrogens (tertiary/aromatic N) is 2. The number of amides is 1. The van der Waals surface area contributed by atoms with Crippen molar-refractivity contribution in [1.82, 2.24) is 10.2 Å². The Morgan fingerprint density at radius 3 is 2.27 bits per heavy atom. The number of likely N-dealkylation sites (tertiary alicyclic amines) is 1. The third kappa shape index (κ3) is 7.54. The molecule has 3 aromatic carbocycles. The molecule has 1 amide bonds. The third-order valence-corrected chi connectivity index (χ3v) is 9.21. The summed E-state index contributed by atoms with van der Waals surface area (Å²) in [6.07, 6.45) is -1.41. The van der Waals surface area contributed by atoms with E-state index in [2.05, 4.69) is 16.3 Å². The zero-order valence-electron chi connectivity index (χ0n) is 22.7. The maximum atomic E-state index is 13.1. The minimum atomic E-state index is -4.36. The van der Waals surface area contributed by atoms with E-state index in [0.717, 1.165) is 49.1 Å². The first kappa shape index (κ1) is 30.3. The molecule has 4 rings (SSSR count). The van der Waals surface area contributed by atoms with Gasteiger partial charge >= 0.3 is 6.18 Å². The number of carbonyl (C=O) groups is 1. The quantitative estimate of drug-likeness (QED) is 0.306. The molecule has 0 radical (unpaired) electrons. The number of hydrogen-bond donors (Lipinski definition) is 1. The molecule has 0 spiro atoms. The maximum Gasteiger partial charge on any atom is 0.416 e. The Bertz CT molecular complexity index is 1480. The fraction of sp³-hybridized carbons (Fsp3) is 0.355. The second-order valence-corrected chi connectivity index (χ2v) is 12.4. The first-order valence-electron chi connectivity index (χ1n) is 13.5. The number of nitriles is 1. The van der Waals surface area contributed by atoms with Gasteiger partial charge in [0, 0.05) is 18.2 Å². The molecule has 1 fully saturated rings. The Labute approximate surface area is 238 Å². The van der Waals surface area contributed by atoms with E-state index < -0.39 is 27.6 Å². The van der Waals surface area contributed by atoms with E-state index in [4.69, 9.17) is 0 Å². The number of sulfone groups is 1. The van der Waals surface area contributed by atoms with Gasteiger partial charge in [0.2, 0.25) is 0 Å². The predicted molar refractivity (Wildman–Crippen MR) is 149 cm³/mol. The fourth-order valence-corrected chi connectivity index (χ4v) is 5.99. The number of carbonyl (C=O) groups excluding carboxylic acids is 1. The molecule has 2 atom stereocenters. The van der Waals surface area contributed by atoms with E-state index in [-0.39, 0.29) is 29.0 Å². The number of benzene rings is 3. The Hall–Kier alpha value is -3.68. The Morgan fingerprint density at radius 2 is 1.68 bits per heavy atom. The Kier molecular flexibility index (Phi) is 9.51. The number of nitrogens with one attached hydrogen (secondary N) is 1. The minimum Gasteiger partial charge on any atom is -0.344 e. The smallest absolute Gasteiger partial charge is 0.344 e. The van der Waals surface area contributed by atoms with Crippen LogP contribution in [-0.2, 0) is 22.6 Å². The Balaban J connectivity index is 1.44. The van der Waals surface area contributed by atoms with Crippen molar-refractivity contribution in [2.24, 2.45) is 0 Å². The van der Waals surface area contributed by atoms with Gasteiger partial charge in [0.25, 0.3) is 5.91 Å². The van der Waals surface area contributed by atoms with Crippen LogP contribution in [0.3, 0.4) is 0 Å². The minimum absolute atomic E-state index is 0.0185. The highest BCUT2D eigenvalue weighted by molar-refractivity contribution is 7.91. The van der Waals surface area contributed by atoms with Gasteiger partial charge in [0.15, 0.2) is 9.84 Å². The molecule has 1 aliphatic heterocycles. The first-order chi connectivity index (χ1) is 19.5. The molecule has 6 nitrogen and oxygen atoms in total. The van der Waals surface area contributed by atoms with E-state index in [1.165, 1.54) is 24.3 Å². The molecule has 1 unspecified atom stereocenters. The first-order valence-corrected chi connectivity index (χ1v) is 15.2. The monoisotopic (exact) mass is 583 g/mol. The summed E-state index contributed by atoms with van der Waals surface area (Å²) in [5, 5.41) is 12.2. The lowest BCUT2D eigenvalue weighted by atomic mass is 9.93. The fourth-order valence-electron chi connectivity index (χ4n) is 5.11. The van der Waals surface area contributed by atoms with Gasteiger partial charge in [-0.3, -0.25) is 9.69 Å². The molecule has 216 valence electrons. The van der Waals surface area contributed by atoms with Crippen LogP contribution in [0, 0.1) is 11.3 Å². The number of rotatable bonds is 9. The highest BCUT2D eigenvalue weighted by atomic mass is 32.2. The lowest BCUT2D eigenvalue weighted by Crippen LogP contribution is -2.33. The van der Waals surface area contributed by atoms with Crippen molar-refractivity contribution in [3.05, 3.63) is 101 Å². The predicted octanol–water partition coefficient (Wildman–Crippen LogP) is 6.61. The number of halogens is 3. The molecule has 1 saturated heterocycles. The average Bonchev–Trinajstić information content (AvgIpc) is 2.97. The highest BCUT2D eigenvalue weighted by Gasteiger charge is 2.30. The molecule has 1 N–H and O–H groups in total. The molecule has 0 bridgehead atoms. The van der Waals surface area contributed by atoms with Gasteiger partial charge in [-0.2, -0.15) is 18.4 Å². The summed E-state index contributed by atoms with van der Waals surface area (Å²) >= 11 is 0. The van der Waals surface area contributed by atoms with Crippen molar-refractivity contribution in [3.63, 3.8) is 0 Å². The zero-order chi connectivity index (χ0) is 29.6. The maximum absolute atomic E-state index is 13.1. The molecule has 0 aliphatic carbocycles. The summed E-state index contributed by atoms with van der Waals surface area (Å²) in [6.45, 7) is 2.92. The second-order valence-electron chi connectivity index (χ2n) is 10.2. The van der Waals surface area contributed by atoms with Gasteiger partial charge < -0.3 is 5.32 Å². The number of hydrogen-bond acceptors (Lipinski definition) is 5. The zero-order valence-corrected chi connectivity index (χ0v) is 23.5. The largest absolute Gasteiger partial charge is 0.416 e. The second kappa shape index (κ2) is 12.9. The molecular weight excluding hydrogens is 551 g/mol. The molecule has 3 aromatic rings. The van der Waals surface area contributed by atoms with Crippen molar-refractivity contribution in [1.29, 1.82) is 5.26 Å². The number of alkyl halides is 3. The van der Waals surface area contributed by atoms with Crippen molar-refractivity contribution in [2.45, 2.75) is 62.3 Å². The molecular formula is C31H32F3N3O3S. The Morgan fingerprint density at radius 1 is 1.02 bits per heavy atom. The van der Waals surface area contributed by atoms with Crippen molar-refractivity contribution >= 4 is 15.7 Å². The standard InChI is InChI=1S/C31H32F3N3O3S/c1-2-41(39,40)27-16-12-23(13-17-27)28(18-19-35)36-30(38)25-10-8-24(9-11-25)29-5-3-4-20-37(29)21-22-6-14-26(15-7-22)31(32,33)34/h6-17,28-29H,2-5,18,20-21H2,1H3,(H,36,38)/t28-,29?/m0/s1. The van der Waals surface area contributed by atoms with Gasteiger partial charge in [0.05, 0.1) is 34.7 Å². The van der Waals surface area contributed by atoms with Crippen molar-refractivity contribution in [2.75, 3.05) is 12.3 Å². The molecule has 0 aromatic heterocycles. The SMILES string of the molecule is CCS(=O)(=O)c1ccc([C@H](CC#N)NC(=O)c2ccc(C3CCCCN3Cc3ccc(C(F)(F)F)cc3)cc2)cc1. The normalized spacial score (nSPS) is 17.0. The molecule has 41 heavy (non-hydrogen) atoms. The van der Waals surface area contributed by atoms with Gasteiger partial charge in [-0.25, -0.2) is 8.42 Å². The summed E-state index contributed by atoms with van der Waals surface area (Å²) < 4.78 is 63.0. The van der Waals surface area contributed by atoms with Gasteiger partial charge in [0.1, 0.15) is 0 Å². The van der Waals surface area contributed by atoms with Crippen LogP contribution >= 0.6 is 0 Å². The van der Waals surface area contributed by atoms with E-state index in [0.29, 0.717) is 17.7 Å². The van der Waals surface area contributed by atoms with Crippen LogP contribution in [0.25, 0.3) is 0 Å². The topological polar surface area (TPSA) is 90.3 Å². The van der Waals surface area contributed by atoms with Crippen LogP contribution in [0.5, 0.6) is 0 Å². The van der Waals surface area contributed by atoms with Crippen molar-refractivity contribution < 1.29 is 26.4 Å². The summed E-state index contributed by atoms with van der Waals surface area (Å²) in [5.41, 5.74) is 2.22. The van der Waals surface area contributed by atoms with Crippen LogP contribution in [0.1, 0.15) is 77.3 Å². The van der Waals surface area contributed by atoms with E-state index >= 15 is 0 Å². The summed E-state index contributed by atoms with van der Waals surface area (Å²) in [7, 11) is -3.36. The van der Waals surface area contributed by atoms with Crippen LogP contribution < -0.4 is 5.32 Å². The average molecular weight is 584 g/mol. The lowest BCUT2D eigenvalue weighted by Gasteiger charge is -2.36. The summed E-state index contributed by atoms with van der Waals surface area (Å²) in [5.74, 6) is -0.374. The van der Waals surface area contributed by atoms with Crippen LogP contribution in [0.2, 0.25) is 0 Å². The van der Waals surface area contributed by atoms with E-state index in [9.17, 15) is 31.6 Å². The van der Waals surface area contributed by atoms with Crippen molar-refractivity contribution in [3.8, 4) is 6.07 Å². The van der Waals surface area contributed by atoms with Gasteiger partial charge in [-0.15, -0.1) is 0 Å². The summed E-state index contributed by atoms with van der Waals surface area (Å²) in [4.78, 5) is 15.5.